The second-order valence-electron chi connectivity index (χ2n) is 7.15. The molecule has 6 heteroatoms. The summed E-state index contributed by atoms with van der Waals surface area (Å²) in [7, 11) is -0.580. The minimum absolute atomic E-state index is 0.0386. The topological polar surface area (TPSA) is 71.5 Å². The number of aliphatic carboxylic acids is 1. The summed E-state index contributed by atoms with van der Waals surface area (Å²) in [6, 6.07) is 7.91. The van der Waals surface area contributed by atoms with Crippen LogP contribution in [0.25, 0.3) is 10.9 Å². The van der Waals surface area contributed by atoms with Crippen LogP contribution in [0, 0.1) is 0 Å². The Morgan fingerprint density at radius 2 is 1.87 bits per heavy atom. The predicted molar refractivity (Wildman–Crippen MR) is 89.4 cm³/mol. The number of hydrogen-bond acceptors (Lipinski definition) is 3. The first-order valence-electron chi connectivity index (χ1n) is 7.84. The number of benzene rings is 1. The molecule has 1 aromatic carbocycles. The van der Waals surface area contributed by atoms with Gasteiger partial charge in [-0.3, -0.25) is 4.79 Å². The fourth-order valence-corrected chi connectivity index (χ4v) is 2.91. The van der Waals surface area contributed by atoms with Gasteiger partial charge >= 0.3 is 13.1 Å². The van der Waals surface area contributed by atoms with E-state index >= 15 is 0 Å². The number of hydrogen-bond donors (Lipinski definition) is 2. The van der Waals surface area contributed by atoms with Crippen LogP contribution in [0.2, 0.25) is 0 Å². The highest BCUT2D eigenvalue weighted by Crippen LogP contribution is 2.42. The number of aromatic nitrogens is 1. The van der Waals surface area contributed by atoms with E-state index < -0.39 is 24.3 Å². The van der Waals surface area contributed by atoms with Crippen LogP contribution in [0.1, 0.15) is 45.5 Å². The summed E-state index contributed by atoms with van der Waals surface area (Å²) in [5.74, 6) is -1.22. The molecule has 122 valence electrons. The molecule has 0 aliphatic carbocycles. The summed E-state index contributed by atoms with van der Waals surface area (Å²) in [4.78, 5) is 14.5. The van der Waals surface area contributed by atoms with Gasteiger partial charge in [0.2, 0.25) is 0 Å². The van der Waals surface area contributed by atoms with Gasteiger partial charge in [0.1, 0.15) is 0 Å². The van der Waals surface area contributed by atoms with Gasteiger partial charge in [-0.2, -0.15) is 0 Å². The van der Waals surface area contributed by atoms with E-state index in [1.54, 1.807) is 0 Å². The molecule has 0 saturated carbocycles. The molecule has 23 heavy (non-hydrogen) atoms. The fraction of sp³-hybridized carbons (Fsp3) is 0.471. The Labute approximate surface area is 136 Å². The van der Waals surface area contributed by atoms with Crippen molar-refractivity contribution in [3.8, 4) is 0 Å². The van der Waals surface area contributed by atoms with Crippen LogP contribution in [-0.4, -0.2) is 34.4 Å². The molecule has 0 radical (unpaired) electrons. The zero-order chi connectivity index (χ0) is 16.8. The minimum atomic E-state index is -0.865. The highest BCUT2D eigenvalue weighted by molar-refractivity contribution is 6.48. The number of H-pyrrole nitrogens is 1. The molecular weight excluding hydrogens is 293 g/mol. The van der Waals surface area contributed by atoms with E-state index in [0.717, 1.165) is 16.5 Å². The van der Waals surface area contributed by atoms with Crippen LogP contribution in [-0.2, 0) is 14.1 Å². The highest BCUT2D eigenvalue weighted by atomic mass is 16.7. The van der Waals surface area contributed by atoms with Crippen LogP contribution in [0.5, 0.6) is 0 Å². The third-order valence-electron chi connectivity index (χ3n) is 5.00. The number of rotatable bonds is 4. The van der Waals surface area contributed by atoms with Crippen molar-refractivity contribution in [2.45, 2.75) is 51.1 Å². The molecule has 1 aromatic heterocycles. The molecule has 1 unspecified atom stereocenters. The van der Waals surface area contributed by atoms with Crippen molar-refractivity contribution < 1.29 is 19.2 Å². The Balaban J connectivity index is 1.96. The van der Waals surface area contributed by atoms with Crippen LogP contribution < -0.4 is 0 Å². The predicted octanol–water partition coefficient (Wildman–Crippen LogP) is 3.36. The molecule has 5 nitrogen and oxygen atoms in total. The van der Waals surface area contributed by atoms with Crippen LogP contribution in [0.4, 0.5) is 0 Å². The van der Waals surface area contributed by atoms with Gasteiger partial charge in [-0.25, -0.2) is 0 Å². The Hall–Kier alpha value is -1.79. The monoisotopic (exact) mass is 315 g/mol. The van der Waals surface area contributed by atoms with Gasteiger partial charge in [0, 0.05) is 17.5 Å². The molecule has 1 fully saturated rings. The second-order valence-corrected chi connectivity index (χ2v) is 7.15. The fourth-order valence-electron chi connectivity index (χ4n) is 2.91. The van der Waals surface area contributed by atoms with E-state index in [-0.39, 0.29) is 12.2 Å². The Kier molecular flexibility index (Phi) is 3.77. The quantitative estimate of drug-likeness (QED) is 0.849. The number of aromatic amines is 1. The van der Waals surface area contributed by atoms with Gasteiger partial charge in [-0.05, 0) is 50.8 Å². The van der Waals surface area contributed by atoms with E-state index in [0.29, 0.717) is 0 Å². The van der Waals surface area contributed by atoms with Crippen molar-refractivity contribution in [1.82, 2.24) is 4.98 Å². The average molecular weight is 315 g/mol. The van der Waals surface area contributed by atoms with Crippen molar-refractivity contribution in [2.24, 2.45) is 0 Å². The van der Waals surface area contributed by atoms with E-state index in [1.807, 2.05) is 58.2 Å². The molecule has 1 aliphatic heterocycles. The maximum absolute atomic E-state index is 11.4. The molecule has 0 amide bonds. The molecule has 2 N–H and O–H groups in total. The van der Waals surface area contributed by atoms with Crippen molar-refractivity contribution in [2.75, 3.05) is 0 Å². The SMILES string of the molecule is CC1(C)OB(C(CC(=O)O)c2ccc3cc[nH]c3c2)OC1(C)C. The maximum atomic E-state index is 11.4. The summed E-state index contributed by atoms with van der Waals surface area (Å²) >= 11 is 0. The zero-order valence-electron chi connectivity index (χ0n) is 13.9. The molecule has 2 heterocycles. The standard InChI is InChI=1S/C17H22BNO4/c1-16(2)17(3,4)23-18(22-16)13(10-15(20)21)12-6-5-11-7-8-19-14(11)9-12/h5-9,13,19H,10H2,1-4H3,(H,20,21). The molecule has 0 bridgehead atoms. The first kappa shape index (κ1) is 16.1. The second kappa shape index (κ2) is 5.39. The first-order valence-corrected chi connectivity index (χ1v) is 7.84. The molecule has 0 spiro atoms. The molecule has 1 atom stereocenters. The average Bonchev–Trinajstić information content (AvgIpc) is 2.97. The summed E-state index contributed by atoms with van der Waals surface area (Å²) in [5.41, 5.74) is 0.922. The maximum Gasteiger partial charge on any atom is 0.466 e. The normalized spacial score (nSPS) is 20.8. The third kappa shape index (κ3) is 2.89. The first-order chi connectivity index (χ1) is 10.7. The number of carboxylic acid groups (broad SMARTS) is 1. The third-order valence-corrected chi connectivity index (χ3v) is 5.00. The molecule has 2 aromatic rings. The van der Waals surface area contributed by atoms with Gasteiger partial charge in [-0.1, -0.05) is 12.1 Å². The van der Waals surface area contributed by atoms with Gasteiger partial charge in [-0.15, -0.1) is 0 Å². The van der Waals surface area contributed by atoms with Crippen molar-refractivity contribution >= 4 is 24.0 Å². The summed E-state index contributed by atoms with van der Waals surface area (Å²) < 4.78 is 12.2. The zero-order valence-corrected chi connectivity index (χ0v) is 13.9. The van der Waals surface area contributed by atoms with E-state index in [2.05, 4.69) is 4.98 Å². The van der Waals surface area contributed by atoms with Crippen LogP contribution in [0.15, 0.2) is 30.5 Å². The summed E-state index contributed by atoms with van der Waals surface area (Å²) in [6.07, 6.45) is 1.83. The Morgan fingerprint density at radius 3 is 2.48 bits per heavy atom. The Bertz CT molecular complexity index is 721. The molecule has 3 rings (SSSR count). The number of fused-ring (bicyclic) bond motifs is 1. The highest BCUT2D eigenvalue weighted by Gasteiger charge is 2.54. The van der Waals surface area contributed by atoms with Crippen molar-refractivity contribution in [3.63, 3.8) is 0 Å². The van der Waals surface area contributed by atoms with E-state index in [9.17, 15) is 9.90 Å². The van der Waals surface area contributed by atoms with Gasteiger partial charge in [0.25, 0.3) is 0 Å². The Morgan fingerprint density at radius 1 is 1.22 bits per heavy atom. The van der Waals surface area contributed by atoms with Gasteiger partial charge < -0.3 is 19.4 Å². The van der Waals surface area contributed by atoms with Crippen molar-refractivity contribution in [3.05, 3.63) is 36.0 Å². The number of carboxylic acids is 1. The van der Waals surface area contributed by atoms with E-state index in [1.165, 1.54) is 0 Å². The smallest absolute Gasteiger partial charge is 0.466 e. The van der Waals surface area contributed by atoms with Gasteiger partial charge in [0.15, 0.2) is 0 Å². The lowest BCUT2D eigenvalue weighted by Gasteiger charge is -2.32. The van der Waals surface area contributed by atoms with Gasteiger partial charge in [0.05, 0.1) is 17.6 Å². The number of carbonyl (C=O) groups is 1. The van der Waals surface area contributed by atoms with E-state index in [4.69, 9.17) is 9.31 Å². The summed E-state index contributed by atoms with van der Waals surface area (Å²) in [5, 5.41) is 10.4. The lowest BCUT2D eigenvalue weighted by Crippen LogP contribution is -2.41. The lowest BCUT2D eigenvalue weighted by molar-refractivity contribution is -0.137. The number of nitrogens with one attached hydrogen (secondary N) is 1. The summed E-state index contributed by atoms with van der Waals surface area (Å²) in [6.45, 7) is 7.88. The minimum Gasteiger partial charge on any atom is -0.481 e. The molecule has 1 saturated heterocycles. The molecule has 1 aliphatic rings. The van der Waals surface area contributed by atoms with Crippen molar-refractivity contribution in [1.29, 1.82) is 0 Å². The van der Waals surface area contributed by atoms with Crippen LogP contribution >= 0.6 is 0 Å². The lowest BCUT2D eigenvalue weighted by atomic mass is 9.66. The van der Waals surface area contributed by atoms with Crippen LogP contribution in [0.3, 0.4) is 0 Å². The largest absolute Gasteiger partial charge is 0.481 e. The molecular formula is C17H22BNO4.